The van der Waals surface area contributed by atoms with Crippen molar-refractivity contribution in [3.63, 3.8) is 0 Å². The fourth-order valence-corrected chi connectivity index (χ4v) is 2.11. The normalized spacial score (nSPS) is 10.9. The van der Waals surface area contributed by atoms with Crippen LogP contribution in [0.4, 0.5) is 0 Å². The van der Waals surface area contributed by atoms with Crippen LogP contribution in [0.5, 0.6) is 0 Å². The lowest BCUT2D eigenvalue weighted by molar-refractivity contribution is 0.885. The molecule has 0 saturated carbocycles. The van der Waals surface area contributed by atoms with Gasteiger partial charge in [-0.15, -0.1) is 11.3 Å². The Kier molecular flexibility index (Phi) is 2.32. The van der Waals surface area contributed by atoms with E-state index in [1.807, 2.05) is 6.92 Å². The predicted molar refractivity (Wildman–Crippen MR) is 46.0 cm³/mol. The molecule has 1 rings (SSSR count). The van der Waals surface area contributed by atoms with E-state index < -0.39 is 0 Å². The van der Waals surface area contributed by atoms with Crippen LogP contribution in [0.2, 0.25) is 5.15 Å². The molecular weight excluding hydrogens is 166 g/mol. The molecule has 0 bridgehead atoms. The molecule has 0 aliphatic carbocycles. The zero-order chi connectivity index (χ0) is 7.72. The summed E-state index contributed by atoms with van der Waals surface area (Å²) in [6, 6.07) is 0. The highest BCUT2D eigenvalue weighted by Crippen LogP contribution is 2.29. The van der Waals surface area contributed by atoms with Gasteiger partial charge in [0.25, 0.3) is 0 Å². The lowest BCUT2D eigenvalue weighted by Gasteiger charge is -1.97. The summed E-state index contributed by atoms with van der Waals surface area (Å²) in [6.45, 7) is 6.22. The van der Waals surface area contributed by atoms with Crippen molar-refractivity contribution >= 4 is 22.9 Å². The Labute approximate surface area is 70.1 Å². The number of rotatable bonds is 1. The van der Waals surface area contributed by atoms with Gasteiger partial charge in [0.15, 0.2) is 0 Å². The van der Waals surface area contributed by atoms with Crippen LogP contribution in [0.25, 0.3) is 0 Å². The zero-order valence-electron chi connectivity index (χ0n) is 6.31. The summed E-state index contributed by atoms with van der Waals surface area (Å²) in [5, 5.41) is 1.73. The van der Waals surface area contributed by atoms with Gasteiger partial charge in [-0.25, -0.2) is 4.98 Å². The van der Waals surface area contributed by atoms with Crippen LogP contribution >= 0.6 is 22.9 Å². The minimum Gasteiger partial charge on any atom is -0.230 e. The van der Waals surface area contributed by atoms with Crippen molar-refractivity contribution in [1.29, 1.82) is 0 Å². The molecule has 0 aliphatic rings. The van der Waals surface area contributed by atoms with Gasteiger partial charge in [0.05, 0.1) is 5.01 Å². The van der Waals surface area contributed by atoms with E-state index in [0.717, 1.165) is 5.01 Å². The minimum absolute atomic E-state index is 0.499. The Bertz CT molecular complexity index is 230. The van der Waals surface area contributed by atoms with Gasteiger partial charge in [0.1, 0.15) is 5.15 Å². The molecule has 1 aromatic rings. The van der Waals surface area contributed by atoms with Crippen LogP contribution in [0.1, 0.15) is 29.7 Å². The Hall–Kier alpha value is -0.0800. The van der Waals surface area contributed by atoms with Crippen molar-refractivity contribution < 1.29 is 0 Å². The van der Waals surface area contributed by atoms with E-state index in [1.54, 1.807) is 11.3 Å². The molecule has 0 atom stereocenters. The first-order chi connectivity index (χ1) is 4.61. The van der Waals surface area contributed by atoms with Crippen molar-refractivity contribution in [2.24, 2.45) is 0 Å². The van der Waals surface area contributed by atoms with Crippen molar-refractivity contribution in [1.82, 2.24) is 4.98 Å². The van der Waals surface area contributed by atoms with Crippen LogP contribution in [-0.4, -0.2) is 4.98 Å². The van der Waals surface area contributed by atoms with Gasteiger partial charge in [0.2, 0.25) is 0 Å². The smallest absolute Gasteiger partial charge is 0.143 e. The molecular formula is C7H10ClNS. The number of aryl methyl sites for hydroxylation is 1. The molecule has 10 heavy (non-hydrogen) atoms. The van der Waals surface area contributed by atoms with Gasteiger partial charge in [-0.3, -0.25) is 0 Å². The molecule has 0 aliphatic heterocycles. The van der Waals surface area contributed by atoms with Crippen LogP contribution in [-0.2, 0) is 0 Å². The maximum absolute atomic E-state index is 5.84. The number of aromatic nitrogens is 1. The second-order valence-corrected chi connectivity index (χ2v) is 4.14. The largest absolute Gasteiger partial charge is 0.230 e. The highest BCUT2D eigenvalue weighted by atomic mass is 35.5. The number of hydrogen-bond acceptors (Lipinski definition) is 2. The van der Waals surface area contributed by atoms with Gasteiger partial charge in [-0.1, -0.05) is 25.4 Å². The lowest BCUT2D eigenvalue weighted by atomic mass is 10.2. The van der Waals surface area contributed by atoms with E-state index in [-0.39, 0.29) is 0 Å². The first-order valence-electron chi connectivity index (χ1n) is 3.24. The number of hydrogen-bond donors (Lipinski definition) is 0. The zero-order valence-corrected chi connectivity index (χ0v) is 7.88. The third-order valence-corrected chi connectivity index (χ3v) is 2.91. The first kappa shape index (κ1) is 8.02. The number of halogens is 1. The third-order valence-electron chi connectivity index (χ3n) is 1.24. The Balaban J connectivity index is 3.03. The molecule has 0 unspecified atom stereocenters. The summed E-state index contributed by atoms with van der Waals surface area (Å²) in [4.78, 5) is 5.31. The molecule has 0 fully saturated rings. The molecule has 0 radical (unpaired) electrons. The molecule has 0 amide bonds. The molecule has 1 heterocycles. The second kappa shape index (κ2) is 2.89. The third kappa shape index (κ3) is 1.50. The summed E-state index contributed by atoms with van der Waals surface area (Å²) in [6.07, 6.45) is 0. The second-order valence-electron chi connectivity index (χ2n) is 2.54. The monoisotopic (exact) mass is 175 g/mol. The fraction of sp³-hybridized carbons (Fsp3) is 0.571. The van der Waals surface area contributed by atoms with Crippen molar-refractivity contribution in [2.45, 2.75) is 26.7 Å². The summed E-state index contributed by atoms with van der Waals surface area (Å²) >= 11 is 7.52. The minimum atomic E-state index is 0.499. The van der Waals surface area contributed by atoms with Crippen molar-refractivity contribution in [3.05, 3.63) is 15.0 Å². The lowest BCUT2D eigenvalue weighted by Crippen LogP contribution is -1.81. The summed E-state index contributed by atoms with van der Waals surface area (Å²) in [5.74, 6) is 0.499. The fourth-order valence-electron chi connectivity index (χ4n) is 0.773. The topological polar surface area (TPSA) is 12.9 Å². The van der Waals surface area contributed by atoms with Crippen LogP contribution in [0, 0.1) is 6.92 Å². The van der Waals surface area contributed by atoms with Crippen LogP contribution < -0.4 is 0 Å². The molecule has 0 spiro atoms. The molecule has 0 N–H and O–H groups in total. The van der Waals surface area contributed by atoms with Gasteiger partial charge in [-0.05, 0) is 12.8 Å². The quantitative estimate of drug-likeness (QED) is 0.639. The highest BCUT2D eigenvalue weighted by Gasteiger charge is 2.08. The average molecular weight is 176 g/mol. The first-order valence-corrected chi connectivity index (χ1v) is 4.43. The molecule has 3 heteroatoms. The van der Waals surface area contributed by atoms with E-state index >= 15 is 0 Å². The molecule has 0 aromatic carbocycles. The molecule has 56 valence electrons. The van der Waals surface area contributed by atoms with Crippen LogP contribution in [0.3, 0.4) is 0 Å². The van der Waals surface area contributed by atoms with Gasteiger partial charge >= 0.3 is 0 Å². The van der Waals surface area contributed by atoms with Gasteiger partial charge in [-0.2, -0.15) is 0 Å². The highest BCUT2D eigenvalue weighted by molar-refractivity contribution is 7.12. The SMILES string of the molecule is Cc1nc(Cl)c(C(C)C)s1. The van der Waals surface area contributed by atoms with E-state index in [9.17, 15) is 0 Å². The number of nitrogens with zero attached hydrogens (tertiary/aromatic N) is 1. The van der Waals surface area contributed by atoms with Gasteiger partial charge < -0.3 is 0 Å². The number of thiazole rings is 1. The van der Waals surface area contributed by atoms with E-state index in [4.69, 9.17) is 11.6 Å². The Morgan fingerprint density at radius 3 is 2.30 bits per heavy atom. The molecule has 0 saturated heterocycles. The van der Waals surface area contributed by atoms with Crippen molar-refractivity contribution in [3.8, 4) is 0 Å². The van der Waals surface area contributed by atoms with Crippen molar-refractivity contribution in [2.75, 3.05) is 0 Å². The average Bonchev–Trinajstić information content (AvgIpc) is 2.10. The Morgan fingerprint density at radius 1 is 1.50 bits per heavy atom. The van der Waals surface area contributed by atoms with Gasteiger partial charge in [0, 0.05) is 4.88 Å². The van der Waals surface area contributed by atoms with E-state index in [0.29, 0.717) is 11.1 Å². The summed E-state index contributed by atoms with van der Waals surface area (Å²) in [5.41, 5.74) is 0. The molecule has 1 nitrogen and oxygen atoms in total. The molecule has 1 aromatic heterocycles. The van der Waals surface area contributed by atoms with Crippen LogP contribution in [0.15, 0.2) is 0 Å². The predicted octanol–water partition coefficient (Wildman–Crippen LogP) is 3.23. The maximum Gasteiger partial charge on any atom is 0.143 e. The summed E-state index contributed by atoms with van der Waals surface area (Å²) < 4.78 is 0. The van der Waals surface area contributed by atoms with E-state index in [2.05, 4.69) is 18.8 Å². The summed E-state index contributed by atoms with van der Waals surface area (Å²) in [7, 11) is 0. The maximum atomic E-state index is 5.84. The standard InChI is InChI=1S/C7H10ClNS/c1-4(2)6-7(8)9-5(3)10-6/h4H,1-3H3. The van der Waals surface area contributed by atoms with E-state index in [1.165, 1.54) is 4.88 Å². The Morgan fingerprint density at radius 2 is 2.10 bits per heavy atom.